The van der Waals surface area contributed by atoms with E-state index in [9.17, 15) is 4.79 Å². The van der Waals surface area contributed by atoms with Gasteiger partial charge < -0.3 is 20.1 Å². The van der Waals surface area contributed by atoms with E-state index in [1.807, 2.05) is 13.0 Å². The Balaban J connectivity index is 2.16. The van der Waals surface area contributed by atoms with Crippen LogP contribution in [-0.2, 0) is 0 Å². The molecule has 1 atom stereocenters. The minimum atomic E-state index is -0.0582. The van der Waals surface area contributed by atoms with Crippen LogP contribution in [0.25, 0.3) is 0 Å². The zero-order valence-corrected chi connectivity index (χ0v) is 12.3. The summed E-state index contributed by atoms with van der Waals surface area (Å²) >= 11 is 0. The molecular weight excluding hydrogens is 256 g/mol. The third kappa shape index (κ3) is 3.22. The van der Waals surface area contributed by atoms with E-state index in [0.717, 1.165) is 31.5 Å². The maximum Gasteiger partial charge on any atom is 0.251 e. The van der Waals surface area contributed by atoms with Gasteiger partial charge in [0.1, 0.15) is 0 Å². The number of carbonyl (C=O) groups is 1. The van der Waals surface area contributed by atoms with Gasteiger partial charge in [-0.25, -0.2) is 0 Å². The number of methoxy groups -OCH3 is 2. The smallest absolute Gasteiger partial charge is 0.251 e. The molecule has 1 aromatic rings. The molecule has 0 aliphatic carbocycles. The van der Waals surface area contributed by atoms with Crippen LogP contribution in [0.4, 0.5) is 0 Å². The fourth-order valence-electron chi connectivity index (χ4n) is 2.46. The maximum absolute atomic E-state index is 12.4. The predicted octanol–water partition coefficient (Wildman–Crippen LogP) is 1.49. The van der Waals surface area contributed by atoms with E-state index in [4.69, 9.17) is 9.47 Å². The van der Waals surface area contributed by atoms with Crippen LogP contribution in [0.5, 0.6) is 11.5 Å². The summed E-state index contributed by atoms with van der Waals surface area (Å²) in [5.41, 5.74) is 1.51. The second-order valence-electron chi connectivity index (χ2n) is 5.04. The lowest BCUT2D eigenvalue weighted by molar-refractivity contribution is 0.0929. The lowest BCUT2D eigenvalue weighted by Crippen LogP contribution is -2.45. The lowest BCUT2D eigenvalue weighted by atomic mass is 10.0. The van der Waals surface area contributed by atoms with Gasteiger partial charge in [-0.05, 0) is 44.0 Å². The highest BCUT2D eigenvalue weighted by Crippen LogP contribution is 2.30. The third-order valence-electron chi connectivity index (χ3n) is 3.61. The highest BCUT2D eigenvalue weighted by Gasteiger charge is 2.19. The van der Waals surface area contributed by atoms with Crippen LogP contribution in [0, 0.1) is 6.92 Å². The Morgan fingerprint density at radius 1 is 1.30 bits per heavy atom. The lowest BCUT2D eigenvalue weighted by Gasteiger charge is -2.24. The Morgan fingerprint density at radius 3 is 2.60 bits per heavy atom. The number of hydrogen-bond acceptors (Lipinski definition) is 4. The second kappa shape index (κ2) is 6.61. The van der Waals surface area contributed by atoms with E-state index in [1.54, 1.807) is 20.3 Å². The quantitative estimate of drug-likeness (QED) is 0.876. The van der Waals surface area contributed by atoms with Crippen molar-refractivity contribution in [1.29, 1.82) is 0 Å². The largest absolute Gasteiger partial charge is 0.493 e. The molecule has 1 fully saturated rings. The Bertz CT molecular complexity index is 482. The van der Waals surface area contributed by atoms with E-state index in [-0.39, 0.29) is 11.9 Å². The Labute approximate surface area is 119 Å². The number of piperidine rings is 1. The van der Waals surface area contributed by atoms with Gasteiger partial charge in [0, 0.05) is 18.2 Å². The zero-order chi connectivity index (χ0) is 14.5. The molecule has 5 nitrogen and oxygen atoms in total. The van der Waals surface area contributed by atoms with Crippen molar-refractivity contribution >= 4 is 5.91 Å². The minimum absolute atomic E-state index is 0.0582. The first-order valence-electron chi connectivity index (χ1n) is 6.90. The number of ether oxygens (including phenoxy) is 2. The highest BCUT2D eigenvalue weighted by atomic mass is 16.5. The first-order chi connectivity index (χ1) is 9.65. The first kappa shape index (κ1) is 14.7. The van der Waals surface area contributed by atoms with Crippen molar-refractivity contribution in [2.45, 2.75) is 25.8 Å². The number of rotatable bonds is 4. The number of hydrogen-bond donors (Lipinski definition) is 2. The first-order valence-corrected chi connectivity index (χ1v) is 6.90. The van der Waals surface area contributed by atoms with E-state index in [0.29, 0.717) is 17.1 Å². The van der Waals surface area contributed by atoms with Gasteiger partial charge in [-0.15, -0.1) is 0 Å². The van der Waals surface area contributed by atoms with Crippen LogP contribution in [0.15, 0.2) is 12.1 Å². The topological polar surface area (TPSA) is 59.6 Å². The van der Waals surface area contributed by atoms with Crippen LogP contribution in [-0.4, -0.2) is 39.3 Å². The SMILES string of the molecule is COc1cc(C)c(C(=O)N[C@H]2CCCNC2)cc1OC. The van der Waals surface area contributed by atoms with Gasteiger partial charge >= 0.3 is 0 Å². The van der Waals surface area contributed by atoms with E-state index >= 15 is 0 Å². The average Bonchev–Trinajstić information content (AvgIpc) is 2.47. The van der Waals surface area contributed by atoms with Crippen LogP contribution in [0.1, 0.15) is 28.8 Å². The van der Waals surface area contributed by atoms with Gasteiger partial charge in [-0.2, -0.15) is 0 Å². The van der Waals surface area contributed by atoms with Crippen molar-refractivity contribution in [2.75, 3.05) is 27.3 Å². The summed E-state index contributed by atoms with van der Waals surface area (Å²) in [6.45, 7) is 3.76. The van der Waals surface area contributed by atoms with Crippen molar-refractivity contribution < 1.29 is 14.3 Å². The van der Waals surface area contributed by atoms with Gasteiger partial charge in [-0.3, -0.25) is 4.79 Å². The Hall–Kier alpha value is -1.75. The summed E-state index contributed by atoms with van der Waals surface area (Å²) in [5.74, 6) is 1.16. The molecule has 1 aliphatic rings. The zero-order valence-electron chi connectivity index (χ0n) is 12.3. The van der Waals surface area contributed by atoms with Crippen LogP contribution in [0.3, 0.4) is 0 Å². The summed E-state index contributed by atoms with van der Waals surface area (Å²) in [4.78, 5) is 12.4. The number of aryl methyl sites for hydroxylation is 1. The van der Waals surface area contributed by atoms with Crippen molar-refractivity contribution in [1.82, 2.24) is 10.6 Å². The summed E-state index contributed by atoms with van der Waals surface area (Å²) < 4.78 is 10.5. The molecular formula is C15H22N2O3. The average molecular weight is 278 g/mol. The molecule has 0 radical (unpaired) electrons. The van der Waals surface area contributed by atoms with E-state index in [2.05, 4.69) is 10.6 Å². The molecule has 2 rings (SSSR count). The summed E-state index contributed by atoms with van der Waals surface area (Å²) in [7, 11) is 3.16. The second-order valence-corrected chi connectivity index (χ2v) is 5.04. The predicted molar refractivity (Wildman–Crippen MR) is 77.6 cm³/mol. The summed E-state index contributed by atoms with van der Waals surface area (Å²) in [5, 5.41) is 6.35. The van der Waals surface area contributed by atoms with Gasteiger partial charge in [0.2, 0.25) is 0 Å². The maximum atomic E-state index is 12.4. The van der Waals surface area contributed by atoms with Crippen molar-refractivity contribution in [2.24, 2.45) is 0 Å². The number of amides is 1. The van der Waals surface area contributed by atoms with Crippen LogP contribution >= 0.6 is 0 Å². The summed E-state index contributed by atoms with van der Waals surface area (Å²) in [6, 6.07) is 3.76. The number of carbonyl (C=O) groups excluding carboxylic acids is 1. The molecule has 1 amide bonds. The molecule has 1 aromatic carbocycles. The highest BCUT2D eigenvalue weighted by molar-refractivity contribution is 5.96. The summed E-state index contributed by atoms with van der Waals surface area (Å²) in [6.07, 6.45) is 2.11. The number of benzene rings is 1. The Morgan fingerprint density at radius 2 is 2.00 bits per heavy atom. The van der Waals surface area contributed by atoms with E-state index < -0.39 is 0 Å². The molecule has 2 N–H and O–H groups in total. The fourth-order valence-corrected chi connectivity index (χ4v) is 2.46. The van der Waals surface area contributed by atoms with Crippen molar-refractivity contribution in [3.63, 3.8) is 0 Å². The van der Waals surface area contributed by atoms with Crippen molar-refractivity contribution in [3.05, 3.63) is 23.3 Å². The number of nitrogens with one attached hydrogen (secondary N) is 2. The molecule has 0 aromatic heterocycles. The van der Waals surface area contributed by atoms with Gasteiger partial charge in [0.15, 0.2) is 11.5 Å². The molecule has 0 spiro atoms. The van der Waals surface area contributed by atoms with Crippen LogP contribution < -0.4 is 20.1 Å². The molecule has 0 bridgehead atoms. The molecule has 110 valence electrons. The van der Waals surface area contributed by atoms with Crippen molar-refractivity contribution in [3.8, 4) is 11.5 Å². The fraction of sp³-hybridized carbons (Fsp3) is 0.533. The molecule has 1 saturated heterocycles. The van der Waals surface area contributed by atoms with Crippen LogP contribution in [0.2, 0.25) is 0 Å². The van der Waals surface area contributed by atoms with Gasteiger partial charge in [-0.1, -0.05) is 0 Å². The van der Waals surface area contributed by atoms with Gasteiger partial charge in [0.25, 0.3) is 5.91 Å². The molecule has 1 heterocycles. The van der Waals surface area contributed by atoms with Gasteiger partial charge in [0.05, 0.1) is 14.2 Å². The van der Waals surface area contributed by atoms with E-state index in [1.165, 1.54) is 0 Å². The molecule has 0 unspecified atom stereocenters. The molecule has 20 heavy (non-hydrogen) atoms. The monoisotopic (exact) mass is 278 g/mol. The molecule has 5 heteroatoms. The minimum Gasteiger partial charge on any atom is -0.493 e. The third-order valence-corrected chi connectivity index (χ3v) is 3.61. The molecule has 1 aliphatic heterocycles. The Kier molecular flexibility index (Phi) is 4.84. The normalized spacial score (nSPS) is 18.4. The standard InChI is InChI=1S/C15H22N2O3/c1-10-7-13(19-2)14(20-3)8-12(10)15(18)17-11-5-4-6-16-9-11/h7-8,11,16H,4-6,9H2,1-3H3,(H,17,18)/t11-/m0/s1. The molecule has 0 saturated carbocycles.